The van der Waals surface area contributed by atoms with Crippen molar-refractivity contribution in [2.24, 2.45) is 0 Å². The zero-order valence-corrected chi connectivity index (χ0v) is 17.8. The second-order valence-corrected chi connectivity index (χ2v) is 7.51. The number of carbonyl (C=O) groups is 2. The summed E-state index contributed by atoms with van der Waals surface area (Å²) in [5, 5.41) is 12.7. The Morgan fingerprint density at radius 2 is 1.71 bits per heavy atom. The number of rotatable bonds is 6. The summed E-state index contributed by atoms with van der Waals surface area (Å²) in [4.78, 5) is 37.9. The maximum atomic E-state index is 12.5. The van der Waals surface area contributed by atoms with Gasteiger partial charge in [0.05, 0.1) is 6.20 Å². The summed E-state index contributed by atoms with van der Waals surface area (Å²) in [5.74, 6) is -1.31. The molecule has 0 aliphatic heterocycles. The Morgan fingerprint density at radius 1 is 1.03 bits per heavy atom. The Kier molecular flexibility index (Phi) is 6.55. The number of amides is 2. The van der Waals surface area contributed by atoms with Crippen molar-refractivity contribution in [1.29, 1.82) is 0 Å². The lowest BCUT2D eigenvalue weighted by Crippen LogP contribution is -2.33. The standard InChI is InChI=1S/C24H25N3O4/c1-16-6-4-7-17(12-16)18-8-5-9-19(13-18)27-14-20(23(30)21(28)15-27)24(31)25-11-10-22(29)26(2)3/h4-9,12-15,28H,10-11H2,1-3H3,(H,25,31). The van der Waals surface area contributed by atoms with Gasteiger partial charge in [0.1, 0.15) is 5.56 Å². The van der Waals surface area contributed by atoms with Crippen molar-refractivity contribution in [2.75, 3.05) is 20.6 Å². The summed E-state index contributed by atoms with van der Waals surface area (Å²) in [5.41, 5.74) is 2.87. The fourth-order valence-electron chi connectivity index (χ4n) is 3.15. The Morgan fingerprint density at radius 3 is 2.39 bits per heavy atom. The lowest BCUT2D eigenvalue weighted by Gasteiger charge is -2.13. The number of aromatic hydroxyl groups is 1. The van der Waals surface area contributed by atoms with Crippen molar-refractivity contribution in [3.8, 4) is 22.6 Å². The number of pyridine rings is 1. The molecule has 7 nitrogen and oxygen atoms in total. The number of hydrogen-bond acceptors (Lipinski definition) is 4. The molecule has 3 aromatic rings. The number of hydrogen-bond donors (Lipinski definition) is 2. The monoisotopic (exact) mass is 419 g/mol. The maximum Gasteiger partial charge on any atom is 0.256 e. The normalized spacial score (nSPS) is 10.5. The summed E-state index contributed by atoms with van der Waals surface area (Å²) < 4.78 is 1.54. The Labute approximate surface area is 180 Å². The highest BCUT2D eigenvalue weighted by Crippen LogP contribution is 2.23. The van der Waals surface area contributed by atoms with Crippen LogP contribution in [0, 0.1) is 6.92 Å². The van der Waals surface area contributed by atoms with Crippen LogP contribution in [-0.2, 0) is 4.79 Å². The SMILES string of the molecule is Cc1cccc(-c2cccc(-n3cc(O)c(=O)c(C(=O)NCCC(=O)N(C)C)c3)c2)c1. The second kappa shape index (κ2) is 9.30. The van der Waals surface area contributed by atoms with E-state index in [1.807, 2.05) is 49.4 Å². The first-order valence-electron chi connectivity index (χ1n) is 9.87. The third-order valence-corrected chi connectivity index (χ3v) is 4.87. The molecule has 0 spiro atoms. The van der Waals surface area contributed by atoms with E-state index >= 15 is 0 Å². The third kappa shape index (κ3) is 5.19. The first-order chi connectivity index (χ1) is 14.8. The van der Waals surface area contributed by atoms with E-state index in [0.717, 1.165) is 16.7 Å². The van der Waals surface area contributed by atoms with Gasteiger partial charge in [-0.05, 0) is 30.2 Å². The third-order valence-electron chi connectivity index (χ3n) is 4.87. The Bertz CT molecular complexity index is 1180. The van der Waals surface area contributed by atoms with Crippen LogP contribution in [0.25, 0.3) is 16.8 Å². The molecule has 3 rings (SSSR count). The summed E-state index contributed by atoms with van der Waals surface area (Å²) in [6, 6.07) is 15.6. The van der Waals surface area contributed by atoms with Crippen LogP contribution in [0.1, 0.15) is 22.3 Å². The van der Waals surface area contributed by atoms with E-state index in [4.69, 9.17) is 0 Å². The van der Waals surface area contributed by atoms with Gasteiger partial charge in [-0.15, -0.1) is 0 Å². The van der Waals surface area contributed by atoms with Gasteiger partial charge >= 0.3 is 0 Å². The summed E-state index contributed by atoms with van der Waals surface area (Å²) >= 11 is 0. The summed E-state index contributed by atoms with van der Waals surface area (Å²) in [7, 11) is 3.26. The van der Waals surface area contributed by atoms with Crippen molar-refractivity contribution in [1.82, 2.24) is 14.8 Å². The molecule has 0 aliphatic rings. The van der Waals surface area contributed by atoms with Gasteiger partial charge in [0.2, 0.25) is 11.3 Å². The fourth-order valence-corrected chi connectivity index (χ4v) is 3.15. The number of aryl methyl sites for hydroxylation is 1. The molecule has 31 heavy (non-hydrogen) atoms. The molecular formula is C24H25N3O4. The van der Waals surface area contributed by atoms with E-state index in [1.165, 1.54) is 21.9 Å². The molecule has 1 heterocycles. The van der Waals surface area contributed by atoms with Crippen LogP contribution >= 0.6 is 0 Å². The predicted molar refractivity (Wildman–Crippen MR) is 120 cm³/mol. The minimum atomic E-state index is -0.762. The smallest absolute Gasteiger partial charge is 0.256 e. The van der Waals surface area contributed by atoms with Crippen molar-refractivity contribution in [2.45, 2.75) is 13.3 Å². The van der Waals surface area contributed by atoms with E-state index in [2.05, 4.69) is 11.4 Å². The van der Waals surface area contributed by atoms with E-state index in [9.17, 15) is 19.5 Å². The highest BCUT2D eigenvalue weighted by atomic mass is 16.3. The molecular weight excluding hydrogens is 394 g/mol. The number of nitrogens with one attached hydrogen (secondary N) is 1. The largest absolute Gasteiger partial charge is 0.503 e. The van der Waals surface area contributed by atoms with Crippen LogP contribution in [0.5, 0.6) is 5.75 Å². The maximum absolute atomic E-state index is 12.5. The molecule has 0 fully saturated rings. The topological polar surface area (TPSA) is 91.6 Å². The molecule has 1 aromatic heterocycles. The van der Waals surface area contributed by atoms with E-state index in [0.29, 0.717) is 5.69 Å². The van der Waals surface area contributed by atoms with E-state index in [1.54, 1.807) is 14.1 Å². The second-order valence-electron chi connectivity index (χ2n) is 7.51. The lowest BCUT2D eigenvalue weighted by molar-refractivity contribution is -0.128. The summed E-state index contributed by atoms with van der Waals surface area (Å²) in [6.07, 6.45) is 2.79. The van der Waals surface area contributed by atoms with Crippen LogP contribution in [-0.4, -0.2) is 47.0 Å². The average Bonchev–Trinajstić information content (AvgIpc) is 2.75. The molecule has 7 heteroatoms. The molecule has 0 atom stereocenters. The van der Waals surface area contributed by atoms with Crippen molar-refractivity contribution in [3.63, 3.8) is 0 Å². The van der Waals surface area contributed by atoms with Crippen LogP contribution in [0.2, 0.25) is 0 Å². The molecule has 2 amide bonds. The van der Waals surface area contributed by atoms with Gasteiger partial charge in [-0.25, -0.2) is 0 Å². The van der Waals surface area contributed by atoms with Gasteiger partial charge < -0.3 is 19.9 Å². The van der Waals surface area contributed by atoms with E-state index in [-0.39, 0.29) is 24.4 Å². The van der Waals surface area contributed by atoms with Gasteiger partial charge in [0, 0.05) is 38.9 Å². The van der Waals surface area contributed by atoms with Gasteiger partial charge in [0.25, 0.3) is 5.91 Å². The number of benzene rings is 2. The quantitative estimate of drug-likeness (QED) is 0.643. The van der Waals surface area contributed by atoms with E-state index < -0.39 is 17.1 Å². The van der Waals surface area contributed by atoms with Crippen LogP contribution in [0.4, 0.5) is 0 Å². The van der Waals surface area contributed by atoms with Crippen LogP contribution in [0.15, 0.2) is 65.7 Å². The predicted octanol–water partition coefficient (Wildman–Crippen LogP) is 2.73. The molecule has 0 bridgehead atoms. The minimum absolute atomic E-state index is 0.0911. The lowest BCUT2D eigenvalue weighted by atomic mass is 10.0. The van der Waals surface area contributed by atoms with Gasteiger partial charge in [-0.2, -0.15) is 0 Å². The Hall–Kier alpha value is -3.87. The number of aromatic nitrogens is 1. The average molecular weight is 419 g/mol. The molecule has 0 saturated heterocycles. The summed E-state index contributed by atoms with van der Waals surface area (Å²) in [6.45, 7) is 2.11. The molecule has 0 saturated carbocycles. The zero-order valence-electron chi connectivity index (χ0n) is 17.8. The van der Waals surface area contributed by atoms with Crippen LogP contribution < -0.4 is 10.7 Å². The van der Waals surface area contributed by atoms with Gasteiger partial charge in [-0.1, -0.05) is 42.0 Å². The first kappa shape index (κ1) is 21.8. The zero-order chi connectivity index (χ0) is 22.5. The molecule has 0 radical (unpaired) electrons. The molecule has 2 N–H and O–H groups in total. The minimum Gasteiger partial charge on any atom is -0.503 e. The van der Waals surface area contributed by atoms with Crippen molar-refractivity contribution >= 4 is 11.8 Å². The van der Waals surface area contributed by atoms with Gasteiger partial charge in [0.15, 0.2) is 5.75 Å². The number of carbonyl (C=O) groups excluding carboxylic acids is 2. The van der Waals surface area contributed by atoms with Crippen molar-refractivity contribution in [3.05, 3.63) is 82.3 Å². The fraction of sp³-hybridized carbons (Fsp3) is 0.208. The van der Waals surface area contributed by atoms with Gasteiger partial charge in [-0.3, -0.25) is 14.4 Å². The molecule has 2 aromatic carbocycles. The van der Waals surface area contributed by atoms with Crippen molar-refractivity contribution < 1.29 is 14.7 Å². The highest BCUT2D eigenvalue weighted by Gasteiger charge is 2.16. The van der Waals surface area contributed by atoms with Crippen LogP contribution in [0.3, 0.4) is 0 Å². The Balaban J connectivity index is 1.89. The molecule has 0 aliphatic carbocycles. The first-order valence-corrected chi connectivity index (χ1v) is 9.87. The number of nitrogens with zero attached hydrogens (tertiary/aromatic N) is 2. The molecule has 0 unspecified atom stereocenters. The highest BCUT2D eigenvalue weighted by molar-refractivity contribution is 5.94. The molecule has 160 valence electrons.